The van der Waals surface area contributed by atoms with Crippen molar-refractivity contribution in [2.45, 2.75) is 11.3 Å². The lowest BCUT2D eigenvalue weighted by Crippen LogP contribution is -2.59. The fourth-order valence-electron chi connectivity index (χ4n) is 1.57. The Morgan fingerprint density at radius 3 is 2.42 bits per heavy atom. The first-order valence-corrected chi connectivity index (χ1v) is 25.9. The summed E-state index contributed by atoms with van der Waals surface area (Å²) in [5, 5.41) is 0. The van der Waals surface area contributed by atoms with Gasteiger partial charge in [-0.15, -0.1) is 33.2 Å². The lowest BCUT2D eigenvalue weighted by Gasteiger charge is -2.27. The molecule has 10 heteroatoms. The summed E-state index contributed by atoms with van der Waals surface area (Å²) in [5.41, 5.74) is 0.734. The highest BCUT2D eigenvalue weighted by molar-refractivity contribution is 8.13. The van der Waals surface area contributed by atoms with E-state index in [9.17, 15) is 0 Å². The summed E-state index contributed by atoms with van der Waals surface area (Å²) in [5.74, 6) is -1.61. The Bertz CT molecular complexity index is 148. The molecule has 1 heterocycles. The van der Waals surface area contributed by atoms with Crippen LogP contribution in [0.1, 0.15) is 0 Å². The molecule has 1 saturated heterocycles. The van der Waals surface area contributed by atoms with E-state index < -0.39 is 11.5 Å². The maximum absolute atomic E-state index is 6.64. The van der Waals surface area contributed by atoms with Crippen LogP contribution in [-0.2, 0) is 0 Å². The van der Waals surface area contributed by atoms with Crippen LogP contribution in [0.3, 0.4) is 0 Å². The molecule has 0 nitrogen and oxygen atoms in total. The summed E-state index contributed by atoms with van der Waals surface area (Å²) in [6.45, 7) is 0. The second-order valence-electron chi connectivity index (χ2n) is 3.38. The van der Waals surface area contributed by atoms with E-state index in [-0.39, 0.29) is 26.6 Å². The second kappa shape index (κ2) is 4.99. The largest absolute Gasteiger partial charge is 0.335 e. The number of hydrogen-bond acceptors (Lipinski definition) is 0. The maximum atomic E-state index is 6.64. The predicted octanol–water partition coefficient (Wildman–Crippen LogP) is -0.747. The summed E-state index contributed by atoms with van der Waals surface area (Å²) in [4.78, 5) is 0. The van der Waals surface area contributed by atoms with Crippen LogP contribution in [0.2, 0.25) is 11.3 Å². The summed E-state index contributed by atoms with van der Waals surface area (Å²) in [6, 6.07) is 0. The van der Waals surface area contributed by atoms with Gasteiger partial charge in [0, 0.05) is 36.1 Å². The minimum absolute atomic E-state index is 0.00733. The van der Waals surface area contributed by atoms with Crippen LogP contribution in [0.15, 0.2) is 0 Å². The van der Waals surface area contributed by atoms with E-state index in [1.807, 2.05) is 0 Å². The minimum Gasteiger partial charge on any atom is -0.174 e. The molecule has 72 valence electrons. The SMILES string of the molecule is Cl[Si](Cl)(Cl)[Si]1(Cl)[SiH2]C[SiH2]C[SiH2][SiH2]1. The van der Waals surface area contributed by atoms with Crippen LogP contribution in [0.5, 0.6) is 0 Å². The fourth-order valence-corrected chi connectivity index (χ4v) is 124. The molecule has 1 atom stereocenters. The molecule has 1 fully saturated rings. The molecule has 0 bridgehead atoms. The van der Waals surface area contributed by atoms with Gasteiger partial charge in [0.2, 0.25) is 0 Å². The molecular weight excluding hydrogens is 334 g/mol. The first-order valence-electron chi connectivity index (χ1n) is 4.21. The first-order chi connectivity index (χ1) is 5.46. The molecule has 1 aliphatic rings. The molecule has 0 aromatic heterocycles. The van der Waals surface area contributed by atoms with E-state index in [2.05, 4.69) is 0 Å². The summed E-state index contributed by atoms with van der Waals surface area (Å²) in [6.07, 6.45) is 0. The maximum Gasteiger partial charge on any atom is 0.335 e. The number of halogens is 4. The van der Waals surface area contributed by atoms with Crippen molar-refractivity contribution in [1.29, 1.82) is 0 Å². The van der Waals surface area contributed by atoms with Gasteiger partial charge >= 0.3 is 5.52 Å². The normalized spacial score (nSPS) is 41.0. The molecule has 1 unspecified atom stereocenters. The van der Waals surface area contributed by atoms with Crippen molar-refractivity contribution in [2.75, 3.05) is 0 Å². The Balaban J connectivity index is 2.67. The van der Waals surface area contributed by atoms with Gasteiger partial charge in [0.15, 0.2) is 5.94 Å². The number of rotatable bonds is 1. The summed E-state index contributed by atoms with van der Waals surface area (Å²) < 4.78 is 0. The van der Waals surface area contributed by atoms with Crippen LogP contribution in [-0.4, -0.2) is 47.6 Å². The van der Waals surface area contributed by atoms with Crippen molar-refractivity contribution < 1.29 is 0 Å². The molecule has 0 N–H and O–H groups in total. The molecule has 0 aromatic carbocycles. The van der Waals surface area contributed by atoms with Crippen molar-refractivity contribution in [1.82, 2.24) is 0 Å². The van der Waals surface area contributed by atoms with Crippen LogP contribution < -0.4 is 0 Å². The van der Waals surface area contributed by atoms with Gasteiger partial charge in [-0.1, -0.05) is 11.3 Å². The summed E-state index contributed by atoms with van der Waals surface area (Å²) >= 11 is 25.0. The van der Waals surface area contributed by atoms with Gasteiger partial charge in [0.05, 0.1) is 0 Å². The first kappa shape index (κ1) is 12.5. The van der Waals surface area contributed by atoms with Crippen LogP contribution in [0.25, 0.3) is 0 Å². The van der Waals surface area contributed by atoms with E-state index in [1.54, 1.807) is 5.67 Å². The van der Waals surface area contributed by atoms with Gasteiger partial charge in [-0.2, -0.15) is 11.1 Å². The van der Waals surface area contributed by atoms with E-state index >= 15 is 0 Å². The standard InChI is InChI=1S/C2H12Cl4Si6/c3-11(4,5)12(6)9-2-7-1-8-10-12/h1-2,7-10H2. The molecule has 0 spiro atoms. The van der Waals surface area contributed by atoms with E-state index in [1.165, 1.54) is 5.67 Å². The monoisotopic (exact) mass is 344 g/mol. The van der Waals surface area contributed by atoms with Crippen molar-refractivity contribution in [3.8, 4) is 0 Å². The highest BCUT2D eigenvalue weighted by atomic mass is 35.9. The molecule has 0 amide bonds. The molecular formula is C2H12Cl4Si6. The quantitative estimate of drug-likeness (QED) is 0.433. The zero-order valence-electron chi connectivity index (χ0n) is 6.75. The smallest absolute Gasteiger partial charge is 0.174 e. The average molecular weight is 346 g/mol. The lowest BCUT2D eigenvalue weighted by molar-refractivity contribution is 1.90. The van der Waals surface area contributed by atoms with Gasteiger partial charge in [0.25, 0.3) is 0 Å². The third-order valence-corrected chi connectivity index (χ3v) is 105. The molecule has 0 aromatic rings. The average Bonchev–Trinajstić information content (AvgIpc) is 2.12. The lowest BCUT2D eigenvalue weighted by atomic mass is 11.8. The Kier molecular flexibility index (Phi) is 5.21. The molecule has 0 radical (unpaired) electrons. The Hall–Kier alpha value is 2.46. The Morgan fingerprint density at radius 2 is 1.83 bits per heavy atom. The van der Waals surface area contributed by atoms with Crippen molar-refractivity contribution in [3.05, 3.63) is 0 Å². The van der Waals surface area contributed by atoms with E-state index in [0.717, 1.165) is 0 Å². The second-order valence-corrected chi connectivity index (χ2v) is 59.1. The van der Waals surface area contributed by atoms with Gasteiger partial charge in [-0.05, 0) is 0 Å². The van der Waals surface area contributed by atoms with Crippen molar-refractivity contribution in [2.24, 2.45) is 0 Å². The van der Waals surface area contributed by atoms with Crippen LogP contribution in [0, 0.1) is 0 Å². The Morgan fingerprint density at radius 1 is 1.17 bits per heavy atom. The van der Waals surface area contributed by atoms with Gasteiger partial charge in [0.1, 0.15) is 0 Å². The highest BCUT2D eigenvalue weighted by Gasteiger charge is 2.52. The van der Waals surface area contributed by atoms with Gasteiger partial charge in [-0.25, -0.2) is 0 Å². The topological polar surface area (TPSA) is 0 Å². The highest BCUT2D eigenvalue weighted by Crippen LogP contribution is 2.33. The van der Waals surface area contributed by atoms with Crippen LogP contribution >= 0.6 is 44.3 Å². The Labute approximate surface area is 102 Å². The molecule has 1 rings (SSSR count). The van der Waals surface area contributed by atoms with Crippen molar-refractivity contribution >= 4 is 91.9 Å². The summed E-state index contributed by atoms with van der Waals surface area (Å²) in [7, 11) is 0.446. The molecule has 12 heavy (non-hydrogen) atoms. The number of hydrogen-bond donors (Lipinski definition) is 0. The predicted molar refractivity (Wildman–Crippen MR) is 78.7 cm³/mol. The van der Waals surface area contributed by atoms with E-state index in [4.69, 9.17) is 44.3 Å². The zero-order valence-corrected chi connectivity index (χ0v) is 17.4. The molecule has 0 aliphatic carbocycles. The third-order valence-electron chi connectivity index (χ3n) is 2.40. The molecule has 0 saturated carbocycles. The fraction of sp³-hybridized carbons (Fsp3) is 1.00. The van der Waals surface area contributed by atoms with Gasteiger partial charge < -0.3 is 0 Å². The minimum atomic E-state index is -2.41. The third kappa shape index (κ3) is 3.24. The van der Waals surface area contributed by atoms with Gasteiger partial charge in [-0.3, -0.25) is 0 Å². The van der Waals surface area contributed by atoms with Crippen LogP contribution in [0.4, 0.5) is 0 Å². The molecule has 1 aliphatic heterocycles. The zero-order chi connectivity index (χ0) is 9.24. The van der Waals surface area contributed by atoms with Crippen molar-refractivity contribution in [3.63, 3.8) is 0 Å². The van der Waals surface area contributed by atoms with E-state index in [0.29, 0.717) is 9.52 Å².